The van der Waals surface area contributed by atoms with Crippen molar-refractivity contribution in [2.24, 2.45) is 5.73 Å². The molecule has 4 nitrogen and oxygen atoms in total. The summed E-state index contributed by atoms with van der Waals surface area (Å²) < 4.78 is 0. The lowest BCUT2D eigenvalue weighted by atomic mass is 9.93. The summed E-state index contributed by atoms with van der Waals surface area (Å²) in [6.45, 7) is 4.00. The molecule has 0 bridgehead atoms. The molecule has 0 saturated carbocycles. The van der Waals surface area contributed by atoms with Crippen molar-refractivity contribution in [3.05, 3.63) is 48.0 Å². The fourth-order valence-corrected chi connectivity index (χ4v) is 2.31. The summed E-state index contributed by atoms with van der Waals surface area (Å²) in [6, 6.07) is 14.4. The van der Waals surface area contributed by atoms with E-state index in [2.05, 4.69) is 46.6 Å². The van der Waals surface area contributed by atoms with Crippen molar-refractivity contribution in [1.29, 1.82) is 0 Å². The highest BCUT2D eigenvalue weighted by molar-refractivity contribution is 5.92. The summed E-state index contributed by atoms with van der Waals surface area (Å²) in [5.74, 6) is 0.529. The summed E-state index contributed by atoms with van der Waals surface area (Å²) in [6.07, 6.45) is 0. The van der Waals surface area contributed by atoms with E-state index in [0.29, 0.717) is 5.82 Å². The molecule has 0 saturated heterocycles. The van der Waals surface area contributed by atoms with Gasteiger partial charge in [0, 0.05) is 10.9 Å². The molecule has 1 heterocycles. The molecule has 0 unspecified atom stereocenters. The third-order valence-corrected chi connectivity index (χ3v) is 3.55. The predicted octanol–water partition coefficient (Wildman–Crippen LogP) is 3.01. The van der Waals surface area contributed by atoms with Gasteiger partial charge in [-0.25, -0.2) is 0 Å². The first-order valence-electron chi connectivity index (χ1n) is 6.58. The molecule has 0 radical (unpaired) electrons. The van der Waals surface area contributed by atoms with E-state index in [1.165, 1.54) is 0 Å². The van der Waals surface area contributed by atoms with Gasteiger partial charge in [0.25, 0.3) is 0 Å². The molecule has 0 aliphatic rings. The molecule has 2 aromatic carbocycles. The van der Waals surface area contributed by atoms with Crippen LogP contribution in [0.3, 0.4) is 0 Å². The van der Waals surface area contributed by atoms with Gasteiger partial charge in [-0.2, -0.15) is 5.10 Å². The molecule has 0 aliphatic carbocycles. The highest BCUT2D eigenvalue weighted by Gasteiger charge is 2.13. The average Bonchev–Trinajstić information content (AvgIpc) is 2.79. The Balaban J connectivity index is 2.04. The van der Waals surface area contributed by atoms with Crippen molar-refractivity contribution in [3.8, 4) is 11.1 Å². The zero-order valence-corrected chi connectivity index (χ0v) is 11.6. The Bertz CT molecular complexity index is 748. The van der Waals surface area contributed by atoms with Crippen LogP contribution >= 0.6 is 0 Å². The van der Waals surface area contributed by atoms with E-state index in [1.807, 2.05) is 19.9 Å². The standard InChI is InChI=1S/C16H18N4/c1-16(2,18)12-6-3-10(4-7-12)11-5-8-14-13(9-11)15(17)20-19-14/h3-9H,18H2,1-2H3,(H3,17,19,20). The molecule has 0 spiro atoms. The number of hydrogen-bond donors (Lipinski definition) is 3. The van der Waals surface area contributed by atoms with Crippen LogP contribution in [0.15, 0.2) is 42.5 Å². The fourth-order valence-electron chi connectivity index (χ4n) is 2.31. The third-order valence-electron chi connectivity index (χ3n) is 3.55. The Labute approximate surface area is 117 Å². The van der Waals surface area contributed by atoms with Crippen LogP contribution in [-0.4, -0.2) is 10.2 Å². The van der Waals surface area contributed by atoms with E-state index in [1.54, 1.807) is 0 Å². The van der Waals surface area contributed by atoms with Crippen molar-refractivity contribution in [1.82, 2.24) is 10.2 Å². The zero-order valence-electron chi connectivity index (χ0n) is 11.6. The van der Waals surface area contributed by atoms with Crippen LogP contribution in [-0.2, 0) is 5.54 Å². The maximum Gasteiger partial charge on any atom is 0.153 e. The van der Waals surface area contributed by atoms with Gasteiger partial charge in [0.2, 0.25) is 0 Å². The van der Waals surface area contributed by atoms with Crippen LogP contribution < -0.4 is 11.5 Å². The number of nitrogens with two attached hydrogens (primary N) is 2. The molecule has 4 heteroatoms. The van der Waals surface area contributed by atoms with Crippen molar-refractivity contribution < 1.29 is 0 Å². The van der Waals surface area contributed by atoms with E-state index >= 15 is 0 Å². The monoisotopic (exact) mass is 266 g/mol. The number of anilines is 1. The van der Waals surface area contributed by atoms with E-state index in [9.17, 15) is 0 Å². The maximum absolute atomic E-state index is 6.10. The lowest BCUT2D eigenvalue weighted by Gasteiger charge is -2.19. The first-order chi connectivity index (χ1) is 9.45. The van der Waals surface area contributed by atoms with Gasteiger partial charge in [0.1, 0.15) is 0 Å². The zero-order chi connectivity index (χ0) is 14.3. The quantitative estimate of drug-likeness (QED) is 0.667. The lowest BCUT2D eigenvalue weighted by molar-refractivity contribution is 0.554. The number of nitrogens with one attached hydrogen (secondary N) is 1. The van der Waals surface area contributed by atoms with Crippen LogP contribution in [0.1, 0.15) is 19.4 Å². The number of H-pyrrole nitrogens is 1. The van der Waals surface area contributed by atoms with Gasteiger partial charge in [0.15, 0.2) is 5.82 Å². The Morgan fingerprint density at radius 1 is 1.00 bits per heavy atom. The second kappa shape index (κ2) is 4.35. The minimum atomic E-state index is -0.322. The van der Waals surface area contributed by atoms with Gasteiger partial charge in [-0.05, 0) is 42.7 Å². The van der Waals surface area contributed by atoms with Gasteiger partial charge in [-0.3, -0.25) is 5.10 Å². The molecule has 102 valence electrons. The molecule has 0 fully saturated rings. The predicted molar refractivity (Wildman–Crippen MR) is 83.2 cm³/mol. The van der Waals surface area contributed by atoms with Crippen LogP contribution in [0.4, 0.5) is 5.82 Å². The number of nitrogens with zero attached hydrogens (tertiary/aromatic N) is 1. The lowest BCUT2D eigenvalue weighted by Crippen LogP contribution is -2.28. The van der Waals surface area contributed by atoms with Gasteiger partial charge in [-0.15, -0.1) is 0 Å². The number of aromatic nitrogens is 2. The molecule has 0 aliphatic heterocycles. The Morgan fingerprint density at radius 2 is 1.65 bits per heavy atom. The number of aromatic amines is 1. The second-order valence-corrected chi connectivity index (χ2v) is 5.67. The summed E-state index contributed by atoms with van der Waals surface area (Å²) in [7, 11) is 0. The van der Waals surface area contributed by atoms with Crippen LogP contribution in [0.2, 0.25) is 0 Å². The highest BCUT2D eigenvalue weighted by Crippen LogP contribution is 2.27. The summed E-state index contributed by atoms with van der Waals surface area (Å²) in [5, 5.41) is 7.87. The molecule has 20 heavy (non-hydrogen) atoms. The normalized spacial score (nSPS) is 11.9. The Kier molecular flexibility index (Phi) is 2.76. The van der Waals surface area contributed by atoms with E-state index in [4.69, 9.17) is 11.5 Å². The third kappa shape index (κ3) is 2.14. The molecular formula is C16H18N4. The largest absolute Gasteiger partial charge is 0.382 e. The molecular weight excluding hydrogens is 248 g/mol. The number of rotatable bonds is 2. The van der Waals surface area contributed by atoms with Crippen molar-refractivity contribution in [2.45, 2.75) is 19.4 Å². The first kappa shape index (κ1) is 12.7. The second-order valence-electron chi connectivity index (χ2n) is 5.67. The Hall–Kier alpha value is -2.33. The maximum atomic E-state index is 6.10. The molecule has 3 rings (SSSR count). The summed E-state index contributed by atoms with van der Waals surface area (Å²) >= 11 is 0. The summed E-state index contributed by atoms with van der Waals surface area (Å²) in [5.41, 5.74) is 15.9. The van der Waals surface area contributed by atoms with Crippen LogP contribution in [0, 0.1) is 0 Å². The molecule has 0 amide bonds. The number of nitrogen functional groups attached to an aromatic ring is 1. The fraction of sp³-hybridized carbons (Fsp3) is 0.188. The topological polar surface area (TPSA) is 80.7 Å². The number of hydrogen-bond acceptors (Lipinski definition) is 3. The van der Waals surface area contributed by atoms with E-state index < -0.39 is 0 Å². The van der Waals surface area contributed by atoms with Gasteiger partial charge < -0.3 is 11.5 Å². The molecule has 3 aromatic rings. The summed E-state index contributed by atoms with van der Waals surface area (Å²) in [4.78, 5) is 0. The van der Waals surface area contributed by atoms with Crippen LogP contribution in [0.5, 0.6) is 0 Å². The molecule has 0 atom stereocenters. The van der Waals surface area contributed by atoms with Crippen molar-refractivity contribution in [3.63, 3.8) is 0 Å². The number of benzene rings is 2. The van der Waals surface area contributed by atoms with Gasteiger partial charge in [-0.1, -0.05) is 30.3 Å². The Morgan fingerprint density at radius 3 is 2.30 bits per heavy atom. The first-order valence-corrected chi connectivity index (χ1v) is 6.58. The van der Waals surface area contributed by atoms with Gasteiger partial charge >= 0.3 is 0 Å². The van der Waals surface area contributed by atoms with Crippen LogP contribution in [0.25, 0.3) is 22.0 Å². The minimum Gasteiger partial charge on any atom is -0.382 e. The smallest absolute Gasteiger partial charge is 0.153 e. The molecule has 5 N–H and O–H groups in total. The molecule has 1 aromatic heterocycles. The van der Waals surface area contributed by atoms with Crippen molar-refractivity contribution >= 4 is 16.7 Å². The van der Waals surface area contributed by atoms with E-state index in [-0.39, 0.29) is 5.54 Å². The minimum absolute atomic E-state index is 0.322. The average molecular weight is 266 g/mol. The highest BCUT2D eigenvalue weighted by atomic mass is 15.1. The number of fused-ring (bicyclic) bond motifs is 1. The SMILES string of the molecule is CC(C)(N)c1ccc(-c2ccc3[nH]nc(N)c3c2)cc1. The van der Waals surface area contributed by atoms with E-state index in [0.717, 1.165) is 27.6 Å². The van der Waals surface area contributed by atoms with Crippen molar-refractivity contribution in [2.75, 3.05) is 5.73 Å². The van der Waals surface area contributed by atoms with Gasteiger partial charge in [0.05, 0.1) is 5.52 Å².